The molecule has 1 heterocycles. The number of ether oxygens (including phenoxy) is 1. The zero-order valence-corrected chi connectivity index (χ0v) is 17.3. The Labute approximate surface area is 172 Å². The number of para-hydroxylation sites is 1. The van der Waals surface area contributed by atoms with Crippen molar-refractivity contribution in [2.24, 2.45) is 0 Å². The van der Waals surface area contributed by atoms with Crippen LogP contribution in [0.2, 0.25) is 0 Å². The topological polar surface area (TPSA) is 46.6 Å². The quantitative estimate of drug-likeness (QED) is 0.719. The van der Waals surface area contributed by atoms with Gasteiger partial charge in [-0.25, -0.2) is 0 Å². The van der Waals surface area contributed by atoms with E-state index in [9.17, 15) is 9.59 Å². The standard InChI is InChI=1S/C25H27NO3/c1-4-29-23-11-6-5-8-19(23)20-15-24(28)26(18-13-16(2)12-17(3)14-18)21-9-7-10-22(27)25(20)21/h5-6,8,11-14,20H,4,7,9-10,15H2,1-3H3. The van der Waals surface area contributed by atoms with E-state index in [-0.39, 0.29) is 24.0 Å². The third kappa shape index (κ3) is 3.59. The minimum absolute atomic E-state index is 0.0414. The van der Waals surface area contributed by atoms with Gasteiger partial charge in [-0.15, -0.1) is 0 Å². The zero-order valence-electron chi connectivity index (χ0n) is 17.3. The molecule has 0 aromatic heterocycles. The molecule has 4 rings (SSSR count). The van der Waals surface area contributed by atoms with Crippen LogP contribution in [0.15, 0.2) is 53.7 Å². The van der Waals surface area contributed by atoms with E-state index in [0.29, 0.717) is 13.0 Å². The fourth-order valence-electron chi connectivity index (χ4n) is 4.69. The van der Waals surface area contributed by atoms with Crippen LogP contribution in [0.1, 0.15) is 55.2 Å². The predicted octanol–water partition coefficient (Wildman–Crippen LogP) is 5.23. The maximum atomic E-state index is 13.4. The Bertz CT molecular complexity index is 985. The fourth-order valence-corrected chi connectivity index (χ4v) is 4.69. The number of allylic oxidation sites excluding steroid dienone is 2. The molecule has 0 radical (unpaired) electrons. The molecule has 0 fully saturated rings. The molecule has 1 unspecified atom stereocenters. The Morgan fingerprint density at radius 1 is 1.03 bits per heavy atom. The van der Waals surface area contributed by atoms with Crippen LogP contribution in [0.5, 0.6) is 5.75 Å². The second-order valence-electron chi connectivity index (χ2n) is 7.94. The average Bonchev–Trinajstić information content (AvgIpc) is 2.67. The van der Waals surface area contributed by atoms with Crippen molar-refractivity contribution in [1.29, 1.82) is 0 Å². The molecule has 4 heteroatoms. The molecule has 1 amide bonds. The molecular weight excluding hydrogens is 362 g/mol. The van der Waals surface area contributed by atoms with Gasteiger partial charge in [0.05, 0.1) is 6.61 Å². The predicted molar refractivity (Wildman–Crippen MR) is 114 cm³/mol. The minimum atomic E-state index is -0.241. The van der Waals surface area contributed by atoms with E-state index in [0.717, 1.165) is 52.2 Å². The van der Waals surface area contributed by atoms with Crippen molar-refractivity contribution in [1.82, 2.24) is 0 Å². The minimum Gasteiger partial charge on any atom is -0.494 e. The van der Waals surface area contributed by atoms with Crippen LogP contribution in [0, 0.1) is 13.8 Å². The largest absolute Gasteiger partial charge is 0.494 e. The number of hydrogen-bond donors (Lipinski definition) is 0. The first-order valence-electron chi connectivity index (χ1n) is 10.4. The van der Waals surface area contributed by atoms with E-state index >= 15 is 0 Å². The summed E-state index contributed by atoms with van der Waals surface area (Å²) in [6.45, 7) is 6.56. The van der Waals surface area contributed by atoms with E-state index in [1.807, 2.05) is 57.2 Å². The second-order valence-corrected chi connectivity index (χ2v) is 7.94. The van der Waals surface area contributed by atoms with Crippen LogP contribution in [-0.2, 0) is 9.59 Å². The van der Waals surface area contributed by atoms with Gasteiger partial charge in [0.15, 0.2) is 5.78 Å². The van der Waals surface area contributed by atoms with Crippen LogP contribution < -0.4 is 9.64 Å². The second kappa shape index (κ2) is 7.86. The Morgan fingerprint density at radius 3 is 2.48 bits per heavy atom. The van der Waals surface area contributed by atoms with Crippen LogP contribution >= 0.6 is 0 Å². The van der Waals surface area contributed by atoms with Gasteiger partial charge < -0.3 is 4.74 Å². The fraction of sp³-hybridized carbons (Fsp3) is 0.360. The first-order chi connectivity index (χ1) is 14.0. The number of carbonyl (C=O) groups is 2. The summed E-state index contributed by atoms with van der Waals surface area (Å²) in [6, 6.07) is 14.0. The number of hydrogen-bond acceptors (Lipinski definition) is 3. The van der Waals surface area contributed by atoms with Crippen molar-refractivity contribution in [3.63, 3.8) is 0 Å². The highest BCUT2D eigenvalue weighted by Gasteiger charge is 2.40. The number of aryl methyl sites for hydroxylation is 2. The van der Waals surface area contributed by atoms with Crippen LogP contribution in [0.4, 0.5) is 5.69 Å². The summed E-state index contributed by atoms with van der Waals surface area (Å²) >= 11 is 0. The normalized spacial score (nSPS) is 19.4. The monoisotopic (exact) mass is 389 g/mol. The molecule has 1 aliphatic carbocycles. The number of Topliss-reactive ketones (excluding diaryl/α,β-unsaturated/α-hetero) is 1. The molecule has 0 saturated heterocycles. The Kier molecular flexibility index (Phi) is 5.27. The van der Waals surface area contributed by atoms with Gasteiger partial charge >= 0.3 is 0 Å². The summed E-state index contributed by atoms with van der Waals surface area (Å²) in [4.78, 5) is 28.2. The van der Waals surface area contributed by atoms with E-state index in [4.69, 9.17) is 4.74 Å². The number of benzene rings is 2. The van der Waals surface area contributed by atoms with Gasteiger partial charge in [-0.05, 0) is 62.9 Å². The number of anilines is 1. The number of amides is 1. The third-order valence-electron chi connectivity index (χ3n) is 5.73. The maximum Gasteiger partial charge on any atom is 0.232 e. The molecule has 0 saturated carbocycles. The van der Waals surface area contributed by atoms with E-state index in [1.54, 1.807) is 4.90 Å². The van der Waals surface area contributed by atoms with Gasteiger partial charge in [0.25, 0.3) is 0 Å². The molecule has 0 bridgehead atoms. The van der Waals surface area contributed by atoms with Crippen LogP contribution in [0.3, 0.4) is 0 Å². The molecular formula is C25H27NO3. The van der Waals surface area contributed by atoms with Gasteiger partial charge in [-0.2, -0.15) is 0 Å². The highest BCUT2D eigenvalue weighted by molar-refractivity contribution is 6.07. The molecule has 1 aliphatic heterocycles. The molecule has 0 N–H and O–H groups in total. The molecule has 1 atom stereocenters. The Hall–Kier alpha value is -2.88. The lowest BCUT2D eigenvalue weighted by Gasteiger charge is -2.38. The highest BCUT2D eigenvalue weighted by Crippen LogP contribution is 2.45. The number of carbonyl (C=O) groups excluding carboxylic acids is 2. The third-order valence-corrected chi connectivity index (χ3v) is 5.73. The molecule has 2 aliphatic rings. The SMILES string of the molecule is CCOc1ccccc1C1CC(=O)N(c2cc(C)cc(C)c2)C2=C1C(=O)CCC2. The van der Waals surface area contributed by atoms with Crippen molar-refractivity contribution < 1.29 is 14.3 Å². The van der Waals surface area contributed by atoms with Gasteiger partial charge in [0, 0.05) is 41.3 Å². The van der Waals surface area contributed by atoms with Crippen molar-refractivity contribution in [3.05, 3.63) is 70.4 Å². The lowest BCUT2D eigenvalue weighted by molar-refractivity contribution is -0.119. The van der Waals surface area contributed by atoms with Crippen molar-refractivity contribution in [3.8, 4) is 5.75 Å². The summed E-state index contributed by atoms with van der Waals surface area (Å²) in [5.74, 6) is 0.720. The summed E-state index contributed by atoms with van der Waals surface area (Å²) in [5.41, 5.74) is 5.69. The van der Waals surface area contributed by atoms with Gasteiger partial charge in [0.1, 0.15) is 5.75 Å². The number of nitrogens with zero attached hydrogens (tertiary/aromatic N) is 1. The van der Waals surface area contributed by atoms with Crippen molar-refractivity contribution >= 4 is 17.4 Å². The van der Waals surface area contributed by atoms with Gasteiger partial charge in [-0.3, -0.25) is 14.5 Å². The number of rotatable bonds is 4. The first kappa shape index (κ1) is 19.4. The maximum absolute atomic E-state index is 13.4. The summed E-state index contributed by atoms with van der Waals surface area (Å²) < 4.78 is 5.82. The lowest BCUT2D eigenvalue weighted by atomic mass is 9.77. The molecule has 0 spiro atoms. The first-order valence-corrected chi connectivity index (χ1v) is 10.4. The highest BCUT2D eigenvalue weighted by atomic mass is 16.5. The smallest absolute Gasteiger partial charge is 0.232 e. The molecule has 29 heavy (non-hydrogen) atoms. The summed E-state index contributed by atoms with van der Waals surface area (Å²) in [5, 5.41) is 0. The lowest BCUT2D eigenvalue weighted by Crippen LogP contribution is -2.40. The van der Waals surface area contributed by atoms with Crippen LogP contribution in [0.25, 0.3) is 0 Å². The average molecular weight is 389 g/mol. The molecule has 150 valence electrons. The van der Waals surface area contributed by atoms with Crippen LogP contribution in [-0.4, -0.2) is 18.3 Å². The zero-order chi connectivity index (χ0) is 20.5. The Morgan fingerprint density at radius 2 is 1.76 bits per heavy atom. The van der Waals surface area contributed by atoms with Crippen molar-refractivity contribution in [2.45, 2.75) is 52.4 Å². The van der Waals surface area contributed by atoms with Gasteiger partial charge in [0.2, 0.25) is 5.91 Å². The number of ketones is 1. The molecule has 4 nitrogen and oxygen atoms in total. The molecule has 2 aromatic rings. The molecule has 2 aromatic carbocycles. The summed E-state index contributed by atoms with van der Waals surface area (Å²) in [6.07, 6.45) is 2.35. The summed E-state index contributed by atoms with van der Waals surface area (Å²) in [7, 11) is 0. The van der Waals surface area contributed by atoms with Crippen molar-refractivity contribution in [2.75, 3.05) is 11.5 Å². The Balaban J connectivity index is 1.88. The van der Waals surface area contributed by atoms with Gasteiger partial charge in [-0.1, -0.05) is 24.3 Å². The van der Waals surface area contributed by atoms with E-state index in [2.05, 4.69) is 6.07 Å². The van der Waals surface area contributed by atoms with E-state index < -0.39 is 0 Å². The van der Waals surface area contributed by atoms with E-state index in [1.165, 1.54) is 0 Å².